The van der Waals surface area contributed by atoms with Crippen molar-refractivity contribution in [3.63, 3.8) is 0 Å². The van der Waals surface area contributed by atoms with Gasteiger partial charge in [-0.1, -0.05) is 12.0 Å². The van der Waals surface area contributed by atoms with Gasteiger partial charge in [0.2, 0.25) is 5.91 Å². The molecule has 1 aliphatic carbocycles. The van der Waals surface area contributed by atoms with E-state index in [0.29, 0.717) is 0 Å². The van der Waals surface area contributed by atoms with E-state index in [2.05, 4.69) is 5.92 Å². The first kappa shape index (κ1) is 13.5. The molecular weight excluding hydrogens is 286 g/mol. The zero-order valence-corrected chi connectivity index (χ0v) is 11.8. The molecular formula is C16H11NO3S. The molecule has 0 radical (unpaired) electrons. The summed E-state index contributed by atoms with van der Waals surface area (Å²) < 4.78 is 0. The standard InChI is InChI=1S/C16H11NO3S/c1-2-7-17-15(13-4-3-8-21-13)14(16(17)20)11-9-10(18)5-6-12(11)19/h1,3-6,8-9,14-15H,7H2/t14-,15-/m0/s1. The number of rotatable bonds is 3. The normalized spacial score (nSPS) is 24.6. The highest BCUT2D eigenvalue weighted by atomic mass is 32.1. The molecule has 0 N–H and O–H groups in total. The molecule has 104 valence electrons. The van der Waals surface area contributed by atoms with Crippen molar-refractivity contribution in [2.75, 3.05) is 6.54 Å². The number of β-lactam (4-membered cyclic amide) rings is 1. The van der Waals surface area contributed by atoms with Gasteiger partial charge in [-0.3, -0.25) is 14.4 Å². The summed E-state index contributed by atoms with van der Waals surface area (Å²) in [6, 6.07) is 3.53. The Hall–Kier alpha value is -2.45. The summed E-state index contributed by atoms with van der Waals surface area (Å²) in [7, 11) is 0. The van der Waals surface area contributed by atoms with Gasteiger partial charge in [0.1, 0.15) is 0 Å². The summed E-state index contributed by atoms with van der Waals surface area (Å²) in [6.45, 7) is 0.198. The van der Waals surface area contributed by atoms with Crippen molar-refractivity contribution in [3.05, 3.63) is 46.2 Å². The van der Waals surface area contributed by atoms with Crippen LogP contribution >= 0.6 is 11.3 Å². The van der Waals surface area contributed by atoms with Gasteiger partial charge >= 0.3 is 0 Å². The van der Waals surface area contributed by atoms with Crippen molar-refractivity contribution in [2.45, 2.75) is 6.04 Å². The number of hydrogen-bond donors (Lipinski definition) is 0. The van der Waals surface area contributed by atoms with E-state index >= 15 is 0 Å². The second kappa shape index (κ2) is 5.15. The number of carbonyl (C=O) groups is 3. The number of hydrogen-bond acceptors (Lipinski definition) is 4. The lowest BCUT2D eigenvalue weighted by molar-refractivity contribution is -0.153. The number of amides is 1. The zero-order valence-electron chi connectivity index (χ0n) is 11.0. The SMILES string of the molecule is C#CCN1C(=O)[C@@H](C2=CC(=O)C=CC2=O)[C@@H]1c1cccs1. The van der Waals surface area contributed by atoms with E-state index in [4.69, 9.17) is 6.42 Å². The molecule has 2 heterocycles. The Morgan fingerprint density at radius 1 is 1.29 bits per heavy atom. The number of allylic oxidation sites excluding steroid dienone is 3. The minimum Gasteiger partial charge on any atom is -0.322 e. The van der Waals surface area contributed by atoms with Gasteiger partial charge in [-0.2, -0.15) is 0 Å². The minimum absolute atomic E-state index is 0.198. The third-order valence-corrected chi connectivity index (χ3v) is 4.56. The molecule has 1 amide bonds. The number of nitrogens with zero attached hydrogens (tertiary/aromatic N) is 1. The van der Waals surface area contributed by atoms with Crippen molar-refractivity contribution in [1.82, 2.24) is 4.90 Å². The van der Waals surface area contributed by atoms with Crippen LogP contribution in [0.4, 0.5) is 0 Å². The topological polar surface area (TPSA) is 54.5 Å². The summed E-state index contributed by atoms with van der Waals surface area (Å²) in [6.07, 6.45) is 9.00. The fourth-order valence-corrected chi connectivity index (χ4v) is 3.55. The molecule has 5 heteroatoms. The van der Waals surface area contributed by atoms with Crippen LogP contribution in [0.25, 0.3) is 0 Å². The average Bonchev–Trinajstić information content (AvgIpc) is 2.98. The van der Waals surface area contributed by atoms with Crippen LogP contribution in [0, 0.1) is 18.3 Å². The highest BCUT2D eigenvalue weighted by Gasteiger charge is 2.51. The van der Waals surface area contributed by atoms with Crippen molar-refractivity contribution in [3.8, 4) is 12.3 Å². The van der Waals surface area contributed by atoms with E-state index < -0.39 is 5.92 Å². The molecule has 1 saturated heterocycles. The predicted octanol–water partition coefficient (Wildman–Crippen LogP) is 1.52. The number of carbonyl (C=O) groups excluding carboxylic acids is 3. The molecule has 0 saturated carbocycles. The molecule has 0 aromatic carbocycles. The Kier molecular flexibility index (Phi) is 3.32. The molecule has 0 spiro atoms. The minimum atomic E-state index is -0.613. The van der Waals surface area contributed by atoms with Gasteiger partial charge in [0.15, 0.2) is 11.6 Å². The first-order chi connectivity index (χ1) is 10.1. The maximum Gasteiger partial charge on any atom is 0.234 e. The average molecular weight is 297 g/mol. The van der Waals surface area contributed by atoms with Crippen LogP contribution in [0.1, 0.15) is 10.9 Å². The Bertz CT molecular complexity index is 721. The lowest BCUT2D eigenvalue weighted by Gasteiger charge is -2.46. The summed E-state index contributed by atoms with van der Waals surface area (Å²) in [5.41, 5.74) is 0.263. The number of ketones is 2. The molecule has 1 fully saturated rings. The fraction of sp³-hybridized carbons (Fsp3) is 0.188. The highest BCUT2D eigenvalue weighted by molar-refractivity contribution is 7.10. The van der Waals surface area contributed by atoms with E-state index in [-0.39, 0.29) is 35.6 Å². The van der Waals surface area contributed by atoms with Crippen molar-refractivity contribution in [1.29, 1.82) is 0 Å². The lowest BCUT2D eigenvalue weighted by atomic mass is 9.77. The smallest absolute Gasteiger partial charge is 0.234 e. The summed E-state index contributed by atoms with van der Waals surface area (Å²) >= 11 is 1.50. The van der Waals surface area contributed by atoms with Gasteiger partial charge in [-0.25, -0.2) is 0 Å². The number of thiophene rings is 1. The number of likely N-dealkylation sites (tertiary alicyclic amines) is 1. The third kappa shape index (κ3) is 2.14. The molecule has 1 aromatic heterocycles. The Balaban J connectivity index is 1.98. The van der Waals surface area contributed by atoms with Gasteiger partial charge in [-0.05, 0) is 29.7 Å². The van der Waals surface area contributed by atoms with Crippen molar-refractivity contribution >= 4 is 28.8 Å². The van der Waals surface area contributed by atoms with Crippen LogP contribution in [0.2, 0.25) is 0 Å². The molecule has 21 heavy (non-hydrogen) atoms. The van der Waals surface area contributed by atoms with Crippen LogP contribution in [0.5, 0.6) is 0 Å². The molecule has 1 aliphatic heterocycles. The second-order valence-corrected chi connectivity index (χ2v) is 5.79. The highest BCUT2D eigenvalue weighted by Crippen LogP contribution is 2.45. The molecule has 0 unspecified atom stereocenters. The number of terminal acetylenes is 1. The van der Waals surface area contributed by atoms with Crippen molar-refractivity contribution < 1.29 is 14.4 Å². The van der Waals surface area contributed by atoms with Crippen LogP contribution in [-0.2, 0) is 14.4 Å². The van der Waals surface area contributed by atoms with Crippen LogP contribution in [0.15, 0.2) is 41.3 Å². The van der Waals surface area contributed by atoms with Crippen LogP contribution < -0.4 is 0 Å². The van der Waals surface area contributed by atoms with E-state index in [0.717, 1.165) is 4.88 Å². The van der Waals surface area contributed by atoms with Gasteiger partial charge in [0.05, 0.1) is 18.5 Å². The van der Waals surface area contributed by atoms with E-state index in [9.17, 15) is 14.4 Å². The molecule has 0 bridgehead atoms. The lowest BCUT2D eigenvalue weighted by Crippen LogP contribution is -2.56. The van der Waals surface area contributed by atoms with Gasteiger partial charge < -0.3 is 4.90 Å². The van der Waals surface area contributed by atoms with Gasteiger partial charge in [0.25, 0.3) is 0 Å². The Labute approximate surface area is 125 Å². The first-order valence-corrected chi connectivity index (χ1v) is 7.26. The second-order valence-electron chi connectivity index (χ2n) is 4.81. The molecule has 1 aromatic rings. The monoisotopic (exact) mass is 297 g/mol. The largest absolute Gasteiger partial charge is 0.322 e. The third-order valence-electron chi connectivity index (χ3n) is 3.61. The quantitative estimate of drug-likeness (QED) is 0.483. The van der Waals surface area contributed by atoms with Crippen LogP contribution in [-0.4, -0.2) is 28.9 Å². The Morgan fingerprint density at radius 2 is 2.10 bits per heavy atom. The predicted molar refractivity (Wildman–Crippen MR) is 78.3 cm³/mol. The fourth-order valence-electron chi connectivity index (χ4n) is 2.67. The molecule has 2 atom stereocenters. The molecule has 3 rings (SSSR count). The van der Waals surface area contributed by atoms with Gasteiger partial charge in [0, 0.05) is 10.5 Å². The van der Waals surface area contributed by atoms with Crippen molar-refractivity contribution in [2.24, 2.45) is 5.92 Å². The van der Waals surface area contributed by atoms with E-state index in [1.807, 2.05) is 17.5 Å². The van der Waals surface area contributed by atoms with Gasteiger partial charge in [-0.15, -0.1) is 17.8 Å². The Morgan fingerprint density at radius 3 is 2.76 bits per heavy atom. The van der Waals surface area contributed by atoms with Crippen LogP contribution in [0.3, 0.4) is 0 Å². The van der Waals surface area contributed by atoms with E-state index in [1.54, 1.807) is 4.90 Å². The summed E-state index contributed by atoms with van der Waals surface area (Å²) in [4.78, 5) is 38.3. The molecule has 4 nitrogen and oxygen atoms in total. The maximum atomic E-state index is 12.3. The summed E-state index contributed by atoms with van der Waals surface area (Å²) in [5.74, 6) is 1.10. The molecule has 2 aliphatic rings. The zero-order chi connectivity index (χ0) is 15.0. The maximum absolute atomic E-state index is 12.3. The first-order valence-electron chi connectivity index (χ1n) is 6.39. The van der Waals surface area contributed by atoms with E-state index in [1.165, 1.54) is 29.6 Å². The summed E-state index contributed by atoms with van der Waals surface area (Å²) in [5, 5.41) is 1.91.